The number of aromatic nitrogens is 2. The molecule has 17 heavy (non-hydrogen) atoms. The summed E-state index contributed by atoms with van der Waals surface area (Å²) in [4.78, 5) is 13.1. The average molecular weight is 236 g/mol. The first kappa shape index (κ1) is 12.3. The zero-order valence-electron chi connectivity index (χ0n) is 10.7. The highest BCUT2D eigenvalue weighted by Gasteiger charge is 2.31. The quantitative estimate of drug-likeness (QED) is 0.810. The lowest BCUT2D eigenvalue weighted by Crippen LogP contribution is -2.58. The van der Waals surface area contributed by atoms with Crippen molar-refractivity contribution < 1.29 is 5.11 Å². The molecule has 5 heteroatoms. The van der Waals surface area contributed by atoms with Crippen LogP contribution in [0.3, 0.4) is 0 Å². The summed E-state index contributed by atoms with van der Waals surface area (Å²) in [5.74, 6) is 0.753. The number of hydrogen-bond acceptors (Lipinski definition) is 5. The molecule has 1 aliphatic rings. The van der Waals surface area contributed by atoms with Crippen molar-refractivity contribution in [3.63, 3.8) is 0 Å². The van der Waals surface area contributed by atoms with Crippen molar-refractivity contribution in [2.24, 2.45) is 0 Å². The molecule has 94 valence electrons. The molecule has 0 spiro atoms. The number of hydrogen-bond donors (Lipinski definition) is 1. The van der Waals surface area contributed by atoms with Crippen molar-refractivity contribution >= 4 is 5.95 Å². The average Bonchev–Trinajstić information content (AvgIpc) is 2.33. The van der Waals surface area contributed by atoms with Crippen molar-refractivity contribution in [1.29, 1.82) is 0 Å². The summed E-state index contributed by atoms with van der Waals surface area (Å²) in [6, 6.07) is 0. The number of nitrogens with zero attached hydrogens (tertiary/aromatic N) is 4. The Bertz CT molecular complexity index is 377. The molecule has 0 radical (unpaired) electrons. The monoisotopic (exact) mass is 236 g/mol. The number of anilines is 1. The summed E-state index contributed by atoms with van der Waals surface area (Å²) in [5, 5.41) is 8.96. The predicted octanol–water partition coefficient (Wildman–Crippen LogP) is 0.499. The molecule has 1 N–H and O–H groups in total. The first-order valence-corrected chi connectivity index (χ1v) is 5.91. The third-order valence-electron chi connectivity index (χ3n) is 3.47. The van der Waals surface area contributed by atoms with Gasteiger partial charge in [-0.2, -0.15) is 0 Å². The molecule has 0 aromatic carbocycles. The van der Waals surface area contributed by atoms with Gasteiger partial charge in [-0.3, -0.25) is 4.90 Å². The van der Waals surface area contributed by atoms with Gasteiger partial charge < -0.3 is 10.0 Å². The highest BCUT2D eigenvalue weighted by molar-refractivity contribution is 5.32. The number of aliphatic hydroxyl groups excluding tert-OH is 1. The molecular weight excluding hydrogens is 216 g/mol. The Kier molecular flexibility index (Phi) is 3.31. The molecular formula is C12H20N4O. The zero-order valence-corrected chi connectivity index (χ0v) is 10.7. The molecule has 5 nitrogen and oxygen atoms in total. The lowest BCUT2D eigenvalue weighted by Gasteiger charge is -2.45. The predicted molar refractivity (Wildman–Crippen MR) is 66.9 cm³/mol. The summed E-state index contributed by atoms with van der Waals surface area (Å²) in [7, 11) is 2.15. The molecule has 2 rings (SSSR count). The third kappa shape index (κ3) is 2.56. The smallest absolute Gasteiger partial charge is 0.225 e. The molecule has 0 aliphatic carbocycles. The van der Waals surface area contributed by atoms with Crippen LogP contribution in [0.1, 0.15) is 19.4 Å². The van der Waals surface area contributed by atoms with Crippen molar-refractivity contribution in [3.8, 4) is 0 Å². The highest BCUT2D eigenvalue weighted by Crippen LogP contribution is 2.21. The normalized spacial score (nSPS) is 20.6. The SMILES string of the molecule is CN1CCN(c2ncc(CO)cn2)CC1(C)C. The van der Waals surface area contributed by atoms with Gasteiger partial charge in [-0.05, 0) is 20.9 Å². The van der Waals surface area contributed by atoms with Crippen LogP contribution in [-0.2, 0) is 6.61 Å². The van der Waals surface area contributed by atoms with Gasteiger partial charge in [0.05, 0.1) is 6.61 Å². The van der Waals surface area contributed by atoms with Gasteiger partial charge in [0.25, 0.3) is 0 Å². The van der Waals surface area contributed by atoms with Crippen LogP contribution < -0.4 is 4.90 Å². The van der Waals surface area contributed by atoms with Crippen LogP contribution >= 0.6 is 0 Å². The summed E-state index contributed by atoms with van der Waals surface area (Å²) in [6.07, 6.45) is 3.38. The van der Waals surface area contributed by atoms with Crippen molar-refractivity contribution in [2.45, 2.75) is 26.0 Å². The fourth-order valence-corrected chi connectivity index (χ4v) is 2.00. The third-order valence-corrected chi connectivity index (χ3v) is 3.47. The van der Waals surface area contributed by atoms with E-state index < -0.39 is 0 Å². The Morgan fingerprint density at radius 2 is 1.94 bits per heavy atom. The van der Waals surface area contributed by atoms with E-state index in [2.05, 4.69) is 40.7 Å². The fraction of sp³-hybridized carbons (Fsp3) is 0.667. The number of aliphatic hydroxyl groups is 1. The molecule has 1 aromatic rings. The maximum absolute atomic E-state index is 8.96. The van der Waals surface area contributed by atoms with Gasteiger partial charge in [-0.1, -0.05) is 0 Å². The second-order valence-electron chi connectivity index (χ2n) is 5.20. The van der Waals surface area contributed by atoms with Crippen LogP contribution in [0.5, 0.6) is 0 Å². The van der Waals surface area contributed by atoms with Crippen molar-refractivity contribution in [2.75, 3.05) is 31.6 Å². The standard InChI is InChI=1S/C12H20N4O/c1-12(2)9-16(5-4-15(12)3)11-13-6-10(8-17)7-14-11/h6-7,17H,4-5,8-9H2,1-3H3. The van der Waals surface area contributed by atoms with Gasteiger partial charge in [-0.25, -0.2) is 9.97 Å². The number of rotatable bonds is 2. The Morgan fingerprint density at radius 1 is 1.29 bits per heavy atom. The Hall–Kier alpha value is -1.20. The van der Waals surface area contributed by atoms with Crippen LogP contribution in [0.2, 0.25) is 0 Å². The second kappa shape index (κ2) is 4.58. The van der Waals surface area contributed by atoms with Crippen LogP contribution in [-0.4, -0.2) is 52.2 Å². The summed E-state index contributed by atoms with van der Waals surface area (Å²) >= 11 is 0. The highest BCUT2D eigenvalue weighted by atomic mass is 16.3. The molecule has 1 saturated heterocycles. The Labute approximate surface area is 102 Å². The molecule has 0 atom stereocenters. The van der Waals surface area contributed by atoms with Gasteiger partial charge in [0.15, 0.2) is 0 Å². The first-order chi connectivity index (χ1) is 8.03. The van der Waals surface area contributed by atoms with E-state index in [0.717, 1.165) is 31.1 Å². The van der Waals surface area contributed by atoms with Gasteiger partial charge in [0, 0.05) is 43.1 Å². The van der Waals surface area contributed by atoms with Crippen LogP contribution in [0.25, 0.3) is 0 Å². The fourth-order valence-electron chi connectivity index (χ4n) is 2.00. The van der Waals surface area contributed by atoms with Crippen molar-refractivity contribution in [3.05, 3.63) is 18.0 Å². The summed E-state index contributed by atoms with van der Waals surface area (Å²) < 4.78 is 0. The van der Waals surface area contributed by atoms with Crippen molar-refractivity contribution in [1.82, 2.24) is 14.9 Å². The first-order valence-electron chi connectivity index (χ1n) is 5.91. The minimum Gasteiger partial charge on any atom is -0.392 e. The maximum Gasteiger partial charge on any atom is 0.225 e. The molecule has 1 fully saturated rings. The molecule has 0 bridgehead atoms. The van der Waals surface area contributed by atoms with E-state index >= 15 is 0 Å². The molecule has 0 unspecified atom stereocenters. The number of piperazine rings is 1. The molecule has 0 amide bonds. The molecule has 1 aliphatic heterocycles. The van der Waals surface area contributed by atoms with Crippen LogP contribution in [0.15, 0.2) is 12.4 Å². The van der Waals surface area contributed by atoms with Gasteiger partial charge in [-0.15, -0.1) is 0 Å². The Morgan fingerprint density at radius 3 is 2.47 bits per heavy atom. The van der Waals surface area contributed by atoms with E-state index in [1.165, 1.54) is 0 Å². The van der Waals surface area contributed by atoms with Gasteiger partial charge in [0.2, 0.25) is 5.95 Å². The second-order valence-corrected chi connectivity index (χ2v) is 5.20. The Balaban J connectivity index is 2.12. The van der Waals surface area contributed by atoms with Crippen LogP contribution in [0.4, 0.5) is 5.95 Å². The lowest BCUT2D eigenvalue weighted by atomic mass is 10.0. The molecule has 1 aromatic heterocycles. The minimum absolute atomic E-state index is 0.00545. The maximum atomic E-state index is 8.96. The molecule has 2 heterocycles. The van der Waals surface area contributed by atoms with E-state index in [1.807, 2.05) is 0 Å². The van der Waals surface area contributed by atoms with Gasteiger partial charge >= 0.3 is 0 Å². The van der Waals surface area contributed by atoms with E-state index in [0.29, 0.717) is 0 Å². The summed E-state index contributed by atoms with van der Waals surface area (Å²) in [6.45, 7) is 7.31. The lowest BCUT2D eigenvalue weighted by molar-refractivity contribution is 0.138. The van der Waals surface area contributed by atoms with Crippen LogP contribution in [0, 0.1) is 0 Å². The topological polar surface area (TPSA) is 52.5 Å². The molecule has 0 saturated carbocycles. The largest absolute Gasteiger partial charge is 0.392 e. The zero-order chi connectivity index (χ0) is 12.5. The minimum atomic E-state index is -0.00545. The van der Waals surface area contributed by atoms with E-state index in [1.54, 1.807) is 12.4 Å². The van der Waals surface area contributed by atoms with E-state index in [9.17, 15) is 0 Å². The van der Waals surface area contributed by atoms with Gasteiger partial charge in [0.1, 0.15) is 0 Å². The van der Waals surface area contributed by atoms with E-state index in [4.69, 9.17) is 5.11 Å². The summed E-state index contributed by atoms with van der Waals surface area (Å²) in [5.41, 5.74) is 0.888. The van der Waals surface area contributed by atoms with E-state index in [-0.39, 0.29) is 12.1 Å². The number of likely N-dealkylation sites (N-methyl/N-ethyl adjacent to an activating group) is 1.